The highest BCUT2D eigenvalue weighted by Crippen LogP contribution is 2.25. The summed E-state index contributed by atoms with van der Waals surface area (Å²) in [6, 6.07) is 21.0. The van der Waals surface area contributed by atoms with E-state index >= 15 is 0 Å². The molecule has 0 aliphatic heterocycles. The molecule has 0 atom stereocenters. The third-order valence-electron chi connectivity index (χ3n) is 5.15. The fraction of sp³-hybridized carbons (Fsp3) is 0.240. The standard InChI is InChI=1S/C25H27NO4S/c1-25(2,3)21-13-15-22(16-14-21)31(29,30)26-23-10-5-4-8-19(23)12-11-18-7-6-9-20(17-18)24(27)28/h4-10,13-17,26H,11-12H2,1-3H3,(H,27,28). The number of rotatable bonds is 7. The first-order valence-corrected chi connectivity index (χ1v) is 11.6. The van der Waals surface area contributed by atoms with Gasteiger partial charge in [-0.05, 0) is 65.3 Å². The van der Waals surface area contributed by atoms with Gasteiger partial charge in [0.15, 0.2) is 0 Å². The lowest BCUT2D eigenvalue weighted by Crippen LogP contribution is -2.16. The number of hydrogen-bond donors (Lipinski definition) is 2. The molecule has 0 aliphatic rings. The highest BCUT2D eigenvalue weighted by molar-refractivity contribution is 7.92. The summed E-state index contributed by atoms with van der Waals surface area (Å²) in [5, 5.41) is 9.16. The number of aryl methyl sites for hydroxylation is 2. The Morgan fingerprint density at radius 3 is 2.23 bits per heavy atom. The average molecular weight is 438 g/mol. The Hall–Kier alpha value is -3.12. The zero-order valence-electron chi connectivity index (χ0n) is 17.9. The third-order valence-corrected chi connectivity index (χ3v) is 6.53. The predicted molar refractivity (Wildman–Crippen MR) is 123 cm³/mol. The van der Waals surface area contributed by atoms with Crippen molar-refractivity contribution >= 4 is 21.7 Å². The third kappa shape index (κ3) is 5.73. The second-order valence-corrected chi connectivity index (χ2v) is 10.2. The summed E-state index contributed by atoms with van der Waals surface area (Å²) >= 11 is 0. The lowest BCUT2D eigenvalue weighted by molar-refractivity contribution is 0.0696. The molecule has 0 amide bonds. The van der Waals surface area contributed by atoms with E-state index < -0.39 is 16.0 Å². The molecule has 0 saturated heterocycles. The summed E-state index contributed by atoms with van der Waals surface area (Å²) in [6.45, 7) is 6.24. The van der Waals surface area contributed by atoms with Gasteiger partial charge in [-0.3, -0.25) is 4.72 Å². The molecule has 3 aromatic carbocycles. The molecular weight excluding hydrogens is 410 g/mol. The summed E-state index contributed by atoms with van der Waals surface area (Å²) in [5.41, 5.74) is 3.51. The van der Waals surface area contributed by atoms with Crippen molar-refractivity contribution in [3.8, 4) is 0 Å². The fourth-order valence-electron chi connectivity index (χ4n) is 3.31. The van der Waals surface area contributed by atoms with E-state index in [1.165, 1.54) is 0 Å². The van der Waals surface area contributed by atoms with Crippen LogP contribution in [0.5, 0.6) is 0 Å². The molecule has 31 heavy (non-hydrogen) atoms. The molecular formula is C25H27NO4S. The number of hydrogen-bond acceptors (Lipinski definition) is 3. The van der Waals surface area contributed by atoms with E-state index in [9.17, 15) is 13.2 Å². The molecule has 2 N–H and O–H groups in total. The Morgan fingerprint density at radius 1 is 0.903 bits per heavy atom. The SMILES string of the molecule is CC(C)(C)c1ccc(S(=O)(=O)Nc2ccccc2CCc2cccc(C(=O)O)c2)cc1. The molecule has 3 rings (SSSR count). The van der Waals surface area contributed by atoms with Gasteiger partial charge in [0.2, 0.25) is 0 Å². The Morgan fingerprint density at radius 2 is 1.58 bits per heavy atom. The second-order valence-electron chi connectivity index (χ2n) is 8.54. The summed E-state index contributed by atoms with van der Waals surface area (Å²) in [5.74, 6) is -0.965. The minimum Gasteiger partial charge on any atom is -0.478 e. The van der Waals surface area contributed by atoms with Crippen molar-refractivity contribution < 1.29 is 18.3 Å². The van der Waals surface area contributed by atoms with Gasteiger partial charge in [0.1, 0.15) is 0 Å². The molecule has 0 saturated carbocycles. The quantitative estimate of drug-likeness (QED) is 0.528. The zero-order valence-corrected chi connectivity index (χ0v) is 18.7. The van der Waals surface area contributed by atoms with Crippen molar-refractivity contribution in [1.82, 2.24) is 0 Å². The molecule has 0 spiro atoms. The Labute approximate surface area is 183 Å². The number of aromatic carboxylic acids is 1. The number of carboxylic acid groups (broad SMARTS) is 1. The number of carbonyl (C=O) groups is 1. The van der Waals surface area contributed by atoms with E-state index in [-0.39, 0.29) is 15.9 Å². The number of benzene rings is 3. The summed E-state index contributed by atoms with van der Waals surface area (Å²) in [7, 11) is -3.73. The Kier molecular flexibility index (Phi) is 6.51. The van der Waals surface area contributed by atoms with Gasteiger partial charge in [-0.25, -0.2) is 13.2 Å². The van der Waals surface area contributed by atoms with Crippen LogP contribution in [0.15, 0.2) is 77.7 Å². The highest BCUT2D eigenvalue weighted by Gasteiger charge is 2.18. The molecule has 0 unspecified atom stereocenters. The molecule has 0 heterocycles. The first kappa shape index (κ1) is 22.6. The van der Waals surface area contributed by atoms with E-state index in [0.29, 0.717) is 18.5 Å². The van der Waals surface area contributed by atoms with Gasteiger partial charge in [-0.15, -0.1) is 0 Å². The van der Waals surface area contributed by atoms with Crippen LogP contribution in [-0.4, -0.2) is 19.5 Å². The molecule has 0 bridgehead atoms. The van der Waals surface area contributed by atoms with Gasteiger partial charge in [-0.1, -0.05) is 63.2 Å². The Balaban J connectivity index is 1.78. The molecule has 0 radical (unpaired) electrons. The molecule has 162 valence electrons. The number of carboxylic acids is 1. The van der Waals surface area contributed by atoms with E-state index in [4.69, 9.17) is 5.11 Å². The molecule has 0 aromatic heterocycles. The van der Waals surface area contributed by atoms with Crippen LogP contribution in [0.1, 0.15) is 47.8 Å². The lowest BCUT2D eigenvalue weighted by atomic mass is 9.87. The van der Waals surface area contributed by atoms with Crippen LogP contribution in [-0.2, 0) is 28.3 Å². The first-order valence-electron chi connectivity index (χ1n) is 10.1. The van der Waals surface area contributed by atoms with Gasteiger partial charge >= 0.3 is 5.97 Å². The summed E-state index contributed by atoms with van der Waals surface area (Å²) in [4.78, 5) is 11.4. The normalized spacial score (nSPS) is 11.8. The van der Waals surface area contributed by atoms with E-state index in [1.807, 2.05) is 30.3 Å². The van der Waals surface area contributed by atoms with Crippen molar-refractivity contribution in [3.63, 3.8) is 0 Å². The van der Waals surface area contributed by atoms with E-state index in [0.717, 1.165) is 16.7 Å². The van der Waals surface area contributed by atoms with Crippen LogP contribution in [0.25, 0.3) is 0 Å². The molecule has 6 heteroatoms. The predicted octanol–water partition coefficient (Wildman–Crippen LogP) is 5.27. The summed E-state index contributed by atoms with van der Waals surface area (Å²) < 4.78 is 28.6. The van der Waals surface area contributed by atoms with Crippen LogP contribution in [0, 0.1) is 0 Å². The highest BCUT2D eigenvalue weighted by atomic mass is 32.2. The number of sulfonamides is 1. The fourth-order valence-corrected chi connectivity index (χ4v) is 4.42. The maximum Gasteiger partial charge on any atom is 0.335 e. The number of para-hydroxylation sites is 1. The minimum absolute atomic E-state index is 0.0553. The van der Waals surface area contributed by atoms with Gasteiger partial charge in [0.25, 0.3) is 10.0 Å². The van der Waals surface area contributed by atoms with Crippen molar-refractivity contribution in [2.75, 3.05) is 4.72 Å². The number of anilines is 1. The lowest BCUT2D eigenvalue weighted by Gasteiger charge is -2.19. The smallest absolute Gasteiger partial charge is 0.335 e. The maximum atomic E-state index is 12.9. The molecule has 5 nitrogen and oxygen atoms in total. The van der Waals surface area contributed by atoms with Crippen molar-refractivity contribution in [2.24, 2.45) is 0 Å². The molecule has 0 fully saturated rings. The second kappa shape index (κ2) is 8.94. The topological polar surface area (TPSA) is 83.5 Å². The number of nitrogens with one attached hydrogen (secondary N) is 1. The van der Waals surface area contributed by atoms with E-state index in [1.54, 1.807) is 42.5 Å². The van der Waals surface area contributed by atoms with Gasteiger partial charge in [0.05, 0.1) is 16.1 Å². The largest absolute Gasteiger partial charge is 0.478 e. The Bertz CT molecular complexity index is 1180. The van der Waals surface area contributed by atoms with Crippen LogP contribution in [0.3, 0.4) is 0 Å². The van der Waals surface area contributed by atoms with Crippen LogP contribution >= 0.6 is 0 Å². The molecule has 3 aromatic rings. The zero-order chi connectivity index (χ0) is 22.6. The van der Waals surface area contributed by atoms with Gasteiger partial charge in [0, 0.05) is 0 Å². The van der Waals surface area contributed by atoms with Crippen molar-refractivity contribution in [2.45, 2.75) is 43.9 Å². The maximum absolute atomic E-state index is 12.9. The van der Waals surface area contributed by atoms with Crippen molar-refractivity contribution in [1.29, 1.82) is 0 Å². The van der Waals surface area contributed by atoms with E-state index in [2.05, 4.69) is 25.5 Å². The minimum atomic E-state index is -3.73. The van der Waals surface area contributed by atoms with Crippen LogP contribution in [0.2, 0.25) is 0 Å². The van der Waals surface area contributed by atoms with Crippen LogP contribution in [0.4, 0.5) is 5.69 Å². The monoisotopic (exact) mass is 437 g/mol. The average Bonchev–Trinajstić information content (AvgIpc) is 2.72. The first-order chi connectivity index (χ1) is 14.6. The van der Waals surface area contributed by atoms with Gasteiger partial charge < -0.3 is 5.11 Å². The van der Waals surface area contributed by atoms with Gasteiger partial charge in [-0.2, -0.15) is 0 Å². The summed E-state index contributed by atoms with van der Waals surface area (Å²) in [6.07, 6.45) is 1.17. The molecule has 0 aliphatic carbocycles. The van der Waals surface area contributed by atoms with Crippen molar-refractivity contribution in [3.05, 3.63) is 95.1 Å². The van der Waals surface area contributed by atoms with Crippen LogP contribution < -0.4 is 4.72 Å².